The summed E-state index contributed by atoms with van der Waals surface area (Å²) in [6.45, 7) is 1.97. The molecular weight excluding hydrogens is 326 g/mol. The van der Waals surface area contributed by atoms with E-state index in [0.717, 1.165) is 48.1 Å². The van der Waals surface area contributed by atoms with Gasteiger partial charge in [-0.1, -0.05) is 30.3 Å². The van der Waals surface area contributed by atoms with Gasteiger partial charge in [0.1, 0.15) is 18.1 Å². The van der Waals surface area contributed by atoms with Crippen LogP contribution in [-0.4, -0.2) is 34.9 Å². The Bertz CT molecular complexity index is 896. The highest BCUT2D eigenvalue weighted by molar-refractivity contribution is 5.98. The minimum Gasteiger partial charge on any atom is -0.489 e. The summed E-state index contributed by atoms with van der Waals surface area (Å²) in [5.74, 6) is 0.825. The fourth-order valence-corrected chi connectivity index (χ4v) is 3.32. The van der Waals surface area contributed by atoms with E-state index in [2.05, 4.69) is 4.98 Å². The summed E-state index contributed by atoms with van der Waals surface area (Å²) in [5.41, 5.74) is 8.58. The molecule has 0 spiro atoms. The fourth-order valence-electron chi connectivity index (χ4n) is 3.32. The predicted molar refractivity (Wildman–Crippen MR) is 102 cm³/mol. The van der Waals surface area contributed by atoms with Gasteiger partial charge in [-0.05, 0) is 36.6 Å². The van der Waals surface area contributed by atoms with Crippen molar-refractivity contribution in [1.29, 1.82) is 0 Å². The molecule has 1 aliphatic rings. The molecule has 1 fully saturated rings. The van der Waals surface area contributed by atoms with Gasteiger partial charge in [0, 0.05) is 36.1 Å². The topological polar surface area (TPSA) is 71.3 Å². The van der Waals surface area contributed by atoms with Crippen molar-refractivity contribution < 1.29 is 9.53 Å². The molecule has 5 heteroatoms. The third kappa shape index (κ3) is 3.58. The lowest BCUT2D eigenvalue weighted by Crippen LogP contribution is -2.42. The van der Waals surface area contributed by atoms with Crippen LogP contribution >= 0.6 is 0 Å². The van der Waals surface area contributed by atoms with E-state index in [0.29, 0.717) is 12.3 Å². The largest absolute Gasteiger partial charge is 0.489 e. The second-order valence-corrected chi connectivity index (χ2v) is 6.84. The lowest BCUT2D eigenvalue weighted by molar-refractivity contribution is 0.0710. The van der Waals surface area contributed by atoms with E-state index in [1.165, 1.54) is 0 Å². The number of aromatic amines is 1. The number of ether oxygens (including phenoxy) is 1. The molecule has 2 aromatic carbocycles. The first-order chi connectivity index (χ1) is 12.7. The quantitative estimate of drug-likeness (QED) is 0.759. The van der Waals surface area contributed by atoms with Gasteiger partial charge in [0.05, 0.1) is 0 Å². The zero-order chi connectivity index (χ0) is 17.9. The first-order valence-corrected chi connectivity index (χ1v) is 9.03. The maximum Gasteiger partial charge on any atom is 0.270 e. The van der Waals surface area contributed by atoms with E-state index >= 15 is 0 Å². The van der Waals surface area contributed by atoms with E-state index in [1.54, 1.807) is 0 Å². The van der Waals surface area contributed by atoms with Gasteiger partial charge in [0.2, 0.25) is 0 Å². The van der Waals surface area contributed by atoms with Crippen LogP contribution in [0.4, 0.5) is 0 Å². The number of aromatic nitrogens is 1. The number of H-pyrrole nitrogens is 1. The minimum atomic E-state index is 0.0415. The lowest BCUT2D eigenvalue weighted by Gasteiger charge is -2.29. The Kier molecular flexibility index (Phi) is 4.63. The summed E-state index contributed by atoms with van der Waals surface area (Å²) in [5, 5.41) is 1.01. The molecule has 3 N–H and O–H groups in total. The summed E-state index contributed by atoms with van der Waals surface area (Å²) >= 11 is 0. The van der Waals surface area contributed by atoms with Crippen molar-refractivity contribution >= 4 is 16.8 Å². The van der Waals surface area contributed by atoms with E-state index in [4.69, 9.17) is 10.5 Å². The van der Waals surface area contributed by atoms with Gasteiger partial charge < -0.3 is 20.4 Å². The number of hydrogen-bond donors (Lipinski definition) is 2. The Morgan fingerprint density at radius 2 is 1.88 bits per heavy atom. The minimum absolute atomic E-state index is 0.0415. The Morgan fingerprint density at radius 3 is 2.65 bits per heavy atom. The van der Waals surface area contributed by atoms with Gasteiger partial charge in [-0.2, -0.15) is 0 Å². The van der Waals surface area contributed by atoms with Crippen LogP contribution in [0.1, 0.15) is 28.9 Å². The van der Waals surface area contributed by atoms with Crippen molar-refractivity contribution in [2.75, 3.05) is 13.1 Å². The van der Waals surface area contributed by atoms with Crippen LogP contribution in [-0.2, 0) is 6.61 Å². The normalized spacial score (nSPS) is 15.3. The molecule has 2 heterocycles. The molecule has 0 radical (unpaired) electrons. The highest BCUT2D eigenvalue weighted by Crippen LogP contribution is 2.23. The van der Waals surface area contributed by atoms with Crippen LogP contribution in [0.15, 0.2) is 54.6 Å². The van der Waals surface area contributed by atoms with E-state index in [-0.39, 0.29) is 11.9 Å². The Hall–Kier alpha value is -2.79. The van der Waals surface area contributed by atoms with Crippen LogP contribution in [0, 0.1) is 0 Å². The number of piperidine rings is 1. The van der Waals surface area contributed by atoms with Gasteiger partial charge in [-0.25, -0.2) is 0 Å². The molecule has 26 heavy (non-hydrogen) atoms. The van der Waals surface area contributed by atoms with Crippen molar-refractivity contribution in [3.05, 3.63) is 65.9 Å². The van der Waals surface area contributed by atoms with Gasteiger partial charge in [-0.15, -0.1) is 0 Å². The second kappa shape index (κ2) is 7.22. The Labute approximate surface area is 152 Å². The maximum atomic E-state index is 12.7. The van der Waals surface area contributed by atoms with Gasteiger partial charge in [-0.3, -0.25) is 4.79 Å². The lowest BCUT2D eigenvalue weighted by atomic mass is 10.1. The van der Waals surface area contributed by atoms with Crippen LogP contribution < -0.4 is 10.5 Å². The number of nitrogens with zero attached hydrogens (tertiary/aromatic N) is 1. The smallest absolute Gasteiger partial charge is 0.270 e. The summed E-state index contributed by atoms with van der Waals surface area (Å²) in [6, 6.07) is 18.0. The summed E-state index contributed by atoms with van der Waals surface area (Å²) in [6.07, 6.45) is 1.73. The molecule has 1 aliphatic heterocycles. The third-order valence-corrected chi connectivity index (χ3v) is 4.90. The molecule has 0 aliphatic carbocycles. The van der Waals surface area contributed by atoms with Crippen molar-refractivity contribution in [2.24, 2.45) is 5.73 Å². The molecule has 0 atom stereocenters. The number of benzene rings is 2. The predicted octanol–water partition coefficient (Wildman–Crippen LogP) is 3.31. The molecule has 4 rings (SSSR count). The zero-order valence-electron chi connectivity index (χ0n) is 14.7. The van der Waals surface area contributed by atoms with Gasteiger partial charge >= 0.3 is 0 Å². The molecule has 0 bridgehead atoms. The van der Waals surface area contributed by atoms with E-state index in [9.17, 15) is 4.79 Å². The number of rotatable bonds is 4. The van der Waals surface area contributed by atoms with Crippen LogP contribution in [0.25, 0.3) is 10.9 Å². The summed E-state index contributed by atoms with van der Waals surface area (Å²) in [7, 11) is 0. The first-order valence-electron chi connectivity index (χ1n) is 9.03. The van der Waals surface area contributed by atoms with Crippen LogP contribution in [0.5, 0.6) is 5.75 Å². The summed E-state index contributed by atoms with van der Waals surface area (Å²) in [4.78, 5) is 17.8. The monoisotopic (exact) mass is 349 g/mol. The molecule has 3 aromatic rings. The van der Waals surface area contributed by atoms with Crippen molar-refractivity contribution in [1.82, 2.24) is 9.88 Å². The number of carbonyl (C=O) groups is 1. The highest BCUT2D eigenvalue weighted by Gasteiger charge is 2.22. The Balaban J connectivity index is 1.48. The van der Waals surface area contributed by atoms with Crippen LogP contribution in [0.2, 0.25) is 0 Å². The van der Waals surface area contributed by atoms with Crippen LogP contribution in [0.3, 0.4) is 0 Å². The SMILES string of the molecule is NC1CCN(C(=O)c2cc3ccc(OCc4ccccc4)cc3[nH]2)CC1. The van der Waals surface area contributed by atoms with Crippen molar-refractivity contribution in [3.63, 3.8) is 0 Å². The molecule has 1 saturated heterocycles. The average Bonchev–Trinajstić information content (AvgIpc) is 3.10. The number of nitrogens with two attached hydrogens (primary N) is 1. The number of likely N-dealkylation sites (tertiary alicyclic amines) is 1. The van der Waals surface area contributed by atoms with E-state index < -0.39 is 0 Å². The number of hydrogen-bond acceptors (Lipinski definition) is 3. The molecule has 1 amide bonds. The number of amides is 1. The zero-order valence-corrected chi connectivity index (χ0v) is 14.7. The van der Waals surface area contributed by atoms with Gasteiger partial charge in [0.15, 0.2) is 0 Å². The van der Waals surface area contributed by atoms with Crippen molar-refractivity contribution in [3.8, 4) is 5.75 Å². The van der Waals surface area contributed by atoms with Crippen molar-refractivity contribution in [2.45, 2.75) is 25.5 Å². The second-order valence-electron chi connectivity index (χ2n) is 6.84. The fraction of sp³-hybridized carbons (Fsp3) is 0.286. The third-order valence-electron chi connectivity index (χ3n) is 4.90. The molecule has 1 aromatic heterocycles. The highest BCUT2D eigenvalue weighted by atomic mass is 16.5. The molecule has 5 nitrogen and oxygen atoms in total. The standard InChI is InChI=1S/C21H23N3O2/c22-17-8-10-24(11-9-17)21(25)20-12-16-6-7-18(13-19(16)23-20)26-14-15-4-2-1-3-5-15/h1-7,12-13,17,23H,8-11,14,22H2. The maximum absolute atomic E-state index is 12.7. The first kappa shape index (κ1) is 16.7. The number of carbonyl (C=O) groups excluding carboxylic acids is 1. The Morgan fingerprint density at radius 1 is 1.12 bits per heavy atom. The van der Waals surface area contributed by atoms with E-state index in [1.807, 2.05) is 59.5 Å². The molecule has 134 valence electrons. The van der Waals surface area contributed by atoms with Gasteiger partial charge in [0.25, 0.3) is 5.91 Å². The number of nitrogens with one attached hydrogen (secondary N) is 1. The summed E-state index contributed by atoms with van der Waals surface area (Å²) < 4.78 is 5.87. The number of fused-ring (bicyclic) bond motifs is 1. The molecular formula is C21H23N3O2. The molecule has 0 saturated carbocycles. The average molecular weight is 349 g/mol. The molecule has 0 unspecified atom stereocenters.